The van der Waals surface area contributed by atoms with Gasteiger partial charge in [-0.05, 0) is 51.4 Å². The number of ether oxygens (including phenoxy) is 4. The molecule has 0 aliphatic carbocycles. The van der Waals surface area contributed by atoms with E-state index >= 15 is 0 Å². The number of hydrogen-bond donors (Lipinski definition) is 1. The summed E-state index contributed by atoms with van der Waals surface area (Å²) < 4.78 is 22.8. The summed E-state index contributed by atoms with van der Waals surface area (Å²) in [5, 5.41) is 9.65. The molecule has 0 bridgehead atoms. The number of unbranched alkanes of at least 4 members (excludes halogenated alkanes) is 34. The van der Waals surface area contributed by atoms with Gasteiger partial charge in [0.25, 0.3) is 6.29 Å². The number of carboxylic acids is 1. The highest BCUT2D eigenvalue weighted by Crippen LogP contribution is 2.17. The number of carbonyl (C=O) groups excluding carboxylic acids is 2. The fourth-order valence-electron chi connectivity index (χ4n) is 8.55. The maximum Gasteiger partial charge on any atom is 0.361 e. The van der Waals surface area contributed by atoms with Crippen LogP contribution in [0.25, 0.3) is 0 Å². The van der Waals surface area contributed by atoms with E-state index in [1.807, 2.05) is 21.1 Å². The van der Waals surface area contributed by atoms with E-state index < -0.39 is 24.3 Å². The third-order valence-corrected chi connectivity index (χ3v) is 13.1. The second-order valence-corrected chi connectivity index (χ2v) is 21.3. The number of quaternary nitrogens is 1. The van der Waals surface area contributed by atoms with Crippen LogP contribution in [-0.2, 0) is 33.3 Å². The summed E-state index contributed by atoms with van der Waals surface area (Å²) in [5.74, 6) is -1.99. The fraction of sp³-hybridized carbons (Fsp3) is 0.852. The molecule has 9 nitrogen and oxygen atoms in total. The zero-order chi connectivity index (χ0) is 51.3. The van der Waals surface area contributed by atoms with Gasteiger partial charge in [0.2, 0.25) is 0 Å². The van der Waals surface area contributed by atoms with Crippen LogP contribution in [0.2, 0.25) is 0 Å². The maximum absolute atomic E-state index is 12.8. The zero-order valence-electron chi connectivity index (χ0n) is 46.7. The van der Waals surface area contributed by atoms with Gasteiger partial charge in [-0.15, -0.1) is 0 Å². The third kappa shape index (κ3) is 53.3. The van der Waals surface area contributed by atoms with Crippen molar-refractivity contribution in [2.24, 2.45) is 0 Å². The van der Waals surface area contributed by atoms with E-state index in [9.17, 15) is 19.5 Å². The minimum atomic E-state index is -1.50. The molecule has 0 saturated heterocycles. The predicted molar refractivity (Wildman–Crippen MR) is 295 cm³/mol. The number of likely N-dealkylation sites (N-methyl/N-ethyl adjacent to an activating group) is 1. The molecule has 0 radical (unpaired) electrons. The molecule has 0 amide bonds. The SMILES string of the molecule is CCCCCCC/C=C\C/C=C\C/C=C\CCCCCCCCCCCCCCCCCCCCCCCCC(=O)OC(COC(=O)CCCCCCCCCC)COC(OCC[N+](C)(C)C)C(=O)O. The molecule has 2 atom stereocenters. The fourth-order valence-corrected chi connectivity index (χ4v) is 8.55. The first-order valence-corrected chi connectivity index (χ1v) is 29.7. The Morgan fingerprint density at radius 2 is 0.771 bits per heavy atom. The first-order valence-electron chi connectivity index (χ1n) is 29.7. The van der Waals surface area contributed by atoms with Gasteiger partial charge in [0.15, 0.2) is 6.10 Å². The Kier molecular flexibility index (Phi) is 50.9. The Labute approximate surface area is 432 Å². The number of carboxylic acid groups (broad SMARTS) is 1. The van der Waals surface area contributed by atoms with E-state index in [4.69, 9.17) is 18.9 Å². The summed E-state index contributed by atoms with van der Waals surface area (Å²) in [6.07, 6.45) is 61.3. The quantitative estimate of drug-likeness (QED) is 0.0211. The lowest BCUT2D eigenvalue weighted by molar-refractivity contribution is -0.870. The molecule has 0 aromatic rings. The van der Waals surface area contributed by atoms with Gasteiger partial charge in [-0.3, -0.25) is 9.59 Å². The van der Waals surface area contributed by atoms with Crippen molar-refractivity contribution < 1.29 is 42.9 Å². The molecule has 2 unspecified atom stereocenters. The number of aliphatic carboxylic acids is 1. The van der Waals surface area contributed by atoms with Crippen LogP contribution >= 0.6 is 0 Å². The van der Waals surface area contributed by atoms with Gasteiger partial charge < -0.3 is 28.5 Å². The average Bonchev–Trinajstić information content (AvgIpc) is 3.33. The van der Waals surface area contributed by atoms with E-state index in [1.54, 1.807) is 0 Å². The second-order valence-electron chi connectivity index (χ2n) is 21.3. The first-order chi connectivity index (χ1) is 34.1. The van der Waals surface area contributed by atoms with Crippen LogP contribution in [0.5, 0.6) is 0 Å². The standard InChI is InChI=1S/C61H113NO8/c1-6-8-10-12-14-16-17-18-19-20-21-22-23-24-25-26-27-28-29-30-31-32-33-34-35-36-37-38-39-40-41-42-43-44-46-48-50-52-59(64)70-57(56-69-61(60(65)66)67-54-53-62(3,4)5)55-68-58(63)51-49-47-45-15-13-11-9-7-2/h17-18,20-21,23-24,57,61H,6-16,19,22,25-56H2,1-5H3/p+1/b18-17-,21-20-,24-23-. The summed E-state index contributed by atoms with van der Waals surface area (Å²) in [4.78, 5) is 37.1. The van der Waals surface area contributed by atoms with Crippen molar-refractivity contribution >= 4 is 17.9 Å². The third-order valence-electron chi connectivity index (χ3n) is 13.1. The molecule has 9 heteroatoms. The molecule has 0 fully saturated rings. The van der Waals surface area contributed by atoms with Gasteiger partial charge in [0.1, 0.15) is 13.2 Å². The summed E-state index contributed by atoms with van der Waals surface area (Å²) in [7, 11) is 5.97. The summed E-state index contributed by atoms with van der Waals surface area (Å²) in [6, 6.07) is 0. The topological polar surface area (TPSA) is 108 Å². The Balaban J connectivity index is 3.89. The van der Waals surface area contributed by atoms with Crippen molar-refractivity contribution in [1.82, 2.24) is 0 Å². The molecular weight excluding hydrogens is 875 g/mol. The lowest BCUT2D eigenvalue weighted by Crippen LogP contribution is -2.40. The Morgan fingerprint density at radius 3 is 1.14 bits per heavy atom. The number of esters is 2. The van der Waals surface area contributed by atoms with Crippen LogP contribution in [0.1, 0.15) is 277 Å². The highest BCUT2D eigenvalue weighted by Gasteiger charge is 2.25. The summed E-state index contributed by atoms with van der Waals surface area (Å²) >= 11 is 0. The first kappa shape index (κ1) is 67.5. The zero-order valence-corrected chi connectivity index (χ0v) is 46.7. The highest BCUT2D eigenvalue weighted by molar-refractivity contribution is 5.71. The molecule has 0 spiro atoms. The van der Waals surface area contributed by atoms with E-state index in [2.05, 4.69) is 50.3 Å². The van der Waals surface area contributed by atoms with Gasteiger partial charge in [-0.1, -0.05) is 249 Å². The molecule has 0 heterocycles. The second kappa shape index (κ2) is 52.8. The molecule has 0 aliphatic rings. The summed E-state index contributed by atoms with van der Waals surface area (Å²) in [5.41, 5.74) is 0. The van der Waals surface area contributed by atoms with Crippen LogP contribution in [0.3, 0.4) is 0 Å². The molecule has 70 heavy (non-hydrogen) atoms. The number of rotatable bonds is 55. The number of allylic oxidation sites excluding steroid dienone is 6. The van der Waals surface area contributed by atoms with Crippen LogP contribution in [0.4, 0.5) is 0 Å². The largest absolute Gasteiger partial charge is 0.477 e. The van der Waals surface area contributed by atoms with E-state index in [0.29, 0.717) is 17.4 Å². The predicted octanol–water partition coefficient (Wildman–Crippen LogP) is 17.3. The van der Waals surface area contributed by atoms with E-state index in [-0.39, 0.29) is 32.2 Å². The number of hydrogen-bond acceptors (Lipinski definition) is 7. The molecule has 0 rings (SSSR count). The molecule has 0 aromatic heterocycles. The average molecular weight is 990 g/mol. The molecular formula is C61H114NO8+. The minimum Gasteiger partial charge on any atom is -0.477 e. The Bertz CT molecular complexity index is 1240. The van der Waals surface area contributed by atoms with Crippen LogP contribution in [0, 0.1) is 0 Å². The van der Waals surface area contributed by atoms with Gasteiger partial charge >= 0.3 is 17.9 Å². The molecule has 410 valence electrons. The van der Waals surface area contributed by atoms with Gasteiger partial charge in [0, 0.05) is 12.8 Å². The Morgan fingerprint density at radius 1 is 0.429 bits per heavy atom. The van der Waals surface area contributed by atoms with Gasteiger partial charge in [0.05, 0.1) is 34.4 Å². The van der Waals surface area contributed by atoms with E-state index in [1.165, 1.54) is 199 Å². The molecule has 1 N–H and O–H groups in total. The minimum absolute atomic E-state index is 0.177. The lowest BCUT2D eigenvalue weighted by Gasteiger charge is -2.25. The van der Waals surface area contributed by atoms with Crippen molar-refractivity contribution in [3.05, 3.63) is 36.5 Å². The van der Waals surface area contributed by atoms with Crippen molar-refractivity contribution in [1.29, 1.82) is 0 Å². The maximum atomic E-state index is 12.8. The molecule has 0 aliphatic heterocycles. The van der Waals surface area contributed by atoms with Crippen molar-refractivity contribution in [2.45, 2.75) is 289 Å². The van der Waals surface area contributed by atoms with Gasteiger partial charge in [-0.2, -0.15) is 0 Å². The van der Waals surface area contributed by atoms with Crippen LogP contribution < -0.4 is 0 Å². The Hall–Kier alpha value is -2.49. The van der Waals surface area contributed by atoms with Crippen LogP contribution in [0.15, 0.2) is 36.5 Å². The number of nitrogens with zero attached hydrogens (tertiary/aromatic N) is 1. The molecule has 0 aromatic carbocycles. The smallest absolute Gasteiger partial charge is 0.361 e. The molecule has 0 saturated carbocycles. The van der Waals surface area contributed by atoms with Crippen LogP contribution in [-0.4, -0.2) is 87.4 Å². The summed E-state index contributed by atoms with van der Waals surface area (Å²) in [6.45, 7) is 4.85. The highest BCUT2D eigenvalue weighted by atomic mass is 16.7. The van der Waals surface area contributed by atoms with Crippen molar-refractivity contribution in [2.75, 3.05) is 47.5 Å². The lowest BCUT2D eigenvalue weighted by atomic mass is 10.0. The van der Waals surface area contributed by atoms with Gasteiger partial charge in [-0.25, -0.2) is 4.79 Å². The normalized spacial score (nSPS) is 13.0. The van der Waals surface area contributed by atoms with Crippen molar-refractivity contribution in [3.8, 4) is 0 Å². The van der Waals surface area contributed by atoms with Crippen molar-refractivity contribution in [3.63, 3.8) is 0 Å². The number of carbonyl (C=O) groups is 3. The monoisotopic (exact) mass is 989 g/mol. The van der Waals surface area contributed by atoms with E-state index in [0.717, 1.165) is 51.4 Å².